The number of ether oxygens (including phenoxy) is 1. The maximum Gasteiger partial charge on any atom is 0.273 e. The lowest BCUT2D eigenvalue weighted by Crippen LogP contribution is -2.40. The highest BCUT2D eigenvalue weighted by Crippen LogP contribution is 2.26. The van der Waals surface area contributed by atoms with Crippen LogP contribution in [0.2, 0.25) is 0 Å². The molecule has 3 aromatic rings. The van der Waals surface area contributed by atoms with Crippen molar-refractivity contribution in [1.82, 2.24) is 24.6 Å². The van der Waals surface area contributed by atoms with Gasteiger partial charge in [-0.1, -0.05) is 30.0 Å². The Morgan fingerprint density at radius 2 is 2.00 bits per heavy atom. The quantitative estimate of drug-likeness (QED) is 0.612. The number of hydrogen-bond acceptors (Lipinski definition) is 7. The molecular formula is C18H19N5O2S2. The number of benzene rings is 1. The van der Waals surface area contributed by atoms with Crippen molar-refractivity contribution in [3.05, 3.63) is 52.2 Å². The van der Waals surface area contributed by atoms with E-state index in [0.717, 1.165) is 21.7 Å². The van der Waals surface area contributed by atoms with Crippen LogP contribution in [0, 0.1) is 6.92 Å². The van der Waals surface area contributed by atoms with Crippen LogP contribution in [0.3, 0.4) is 0 Å². The second-order valence-corrected chi connectivity index (χ2v) is 7.91. The highest BCUT2D eigenvalue weighted by Gasteiger charge is 2.21. The van der Waals surface area contributed by atoms with E-state index in [1.807, 2.05) is 47.2 Å². The average molecular weight is 402 g/mol. The number of morpholine rings is 1. The molecule has 9 heteroatoms. The van der Waals surface area contributed by atoms with Gasteiger partial charge in [-0.2, -0.15) is 0 Å². The molecule has 0 radical (unpaired) electrons. The van der Waals surface area contributed by atoms with Gasteiger partial charge in [0.1, 0.15) is 16.5 Å². The van der Waals surface area contributed by atoms with E-state index < -0.39 is 0 Å². The van der Waals surface area contributed by atoms with Crippen LogP contribution in [-0.4, -0.2) is 56.9 Å². The SMILES string of the molecule is Cc1nnc(SCc2nc(C(=O)N3CCOCC3)cs2)n1-c1ccccc1. The summed E-state index contributed by atoms with van der Waals surface area (Å²) in [5.74, 6) is 1.46. The van der Waals surface area contributed by atoms with Crippen LogP contribution in [0.15, 0.2) is 40.9 Å². The number of nitrogens with zero attached hydrogens (tertiary/aromatic N) is 5. The van der Waals surface area contributed by atoms with Crippen molar-refractivity contribution in [1.29, 1.82) is 0 Å². The minimum absolute atomic E-state index is 0.0194. The summed E-state index contributed by atoms with van der Waals surface area (Å²) in [6.45, 7) is 4.37. The van der Waals surface area contributed by atoms with Gasteiger partial charge in [0.25, 0.3) is 5.91 Å². The summed E-state index contributed by atoms with van der Waals surface area (Å²) in [4.78, 5) is 18.8. The minimum Gasteiger partial charge on any atom is -0.378 e. The Morgan fingerprint density at radius 1 is 1.22 bits per heavy atom. The maximum absolute atomic E-state index is 12.5. The van der Waals surface area contributed by atoms with Crippen molar-refractivity contribution < 1.29 is 9.53 Å². The summed E-state index contributed by atoms with van der Waals surface area (Å²) in [6, 6.07) is 10.0. The Kier molecular flexibility index (Phi) is 5.51. The number of hydrogen-bond donors (Lipinski definition) is 0. The molecule has 140 valence electrons. The molecule has 0 unspecified atom stereocenters. The van der Waals surface area contributed by atoms with Crippen LogP contribution >= 0.6 is 23.1 Å². The average Bonchev–Trinajstić information content (AvgIpc) is 3.34. The van der Waals surface area contributed by atoms with Crippen molar-refractivity contribution >= 4 is 29.0 Å². The second kappa shape index (κ2) is 8.20. The molecule has 1 amide bonds. The van der Waals surface area contributed by atoms with E-state index in [0.29, 0.717) is 37.8 Å². The fourth-order valence-corrected chi connectivity index (χ4v) is 4.62. The Labute approximate surface area is 165 Å². The van der Waals surface area contributed by atoms with Gasteiger partial charge in [-0.05, 0) is 19.1 Å². The van der Waals surface area contributed by atoms with Crippen molar-refractivity contribution in [2.45, 2.75) is 17.8 Å². The highest BCUT2D eigenvalue weighted by atomic mass is 32.2. The molecule has 4 rings (SSSR count). The number of carbonyl (C=O) groups is 1. The zero-order valence-corrected chi connectivity index (χ0v) is 16.5. The molecule has 27 heavy (non-hydrogen) atoms. The first-order valence-corrected chi connectivity index (χ1v) is 10.5. The van der Waals surface area contributed by atoms with Crippen LogP contribution in [0.25, 0.3) is 5.69 Å². The van der Waals surface area contributed by atoms with E-state index in [9.17, 15) is 4.79 Å². The topological polar surface area (TPSA) is 73.1 Å². The molecule has 7 nitrogen and oxygen atoms in total. The zero-order valence-electron chi connectivity index (χ0n) is 14.9. The fraction of sp³-hybridized carbons (Fsp3) is 0.333. The molecule has 3 heterocycles. The van der Waals surface area contributed by atoms with Gasteiger partial charge in [0.05, 0.1) is 19.0 Å². The molecule has 2 aromatic heterocycles. The number of thioether (sulfide) groups is 1. The molecule has 0 spiro atoms. The van der Waals surface area contributed by atoms with Gasteiger partial charge >= 0.3 is 0 Å². The van der Waals surface area contributed by atoms with Gasteiger partial charge in [-0.15, -0.1) is 21.5 Å². The normalized spacial score (nSPS) is 14.5. The fourth-order valence-electron chi connectivity index (χ4n) is 2.84. The van der Waals surface area contributed by atoms with E-state index in [-0.39, 0.29) is 5.91 Å². The highest BCUT2D eigenvalue weighted by molar-refractivity contribution is 7.98. The summed E-state index contributed by atoms with van der Waals surface area (Å²) in [6.07, 6.45) is 0. The first-order valence-electron chi connectivity index (χ1n) is 8.64. The summed E-state index contributed by atoms with van der Waals surface area (Å²) in [5, 5.41) is 12.0. The van der Waals surface area contributed by atoms with Gasteiger partial charge in [-0.3, -0.25) is 9.36 Å². The van der Waals surface area contributed by atoms with Crippen molar-refractivity contribution in [2.24, 2.45) is 0 Å². The first kappa shape index (κ1) is 18.1. The molecule has 0 saturated carbocycles. The number of aryl methyl sites for hydroxylation is 1. The van der Waals surface area contributed by atoms with Crippen LogP contribution in [0.1, 0.15) is 21.3 Å². The summed E-state index contributed by atoms with van der Waals surface area (Å²) < 4.78 is 7.32. The Balaban J connectivity index is 1.45. The number of thiazole rings is 1. The van der Waals surface area contributed by atoms with E-state index >= 15 is 0 Å². The Morgan fingerprint density at radius 3 is 2.78 bits per heavy atom. The minimum atomic E-state index is -0.0194. The number of rotatable bonds is 5. The molecule has 0 N–H and O–H groups in total. The lowest BCUT2D eigenvalue weighted by molar-refractivity contribution is 0.0299. The lowest BCUT2D eigenvalue weighted by Gasteiger charge is -2.25. The largest absolute Gasteiger partial charge is 0.378 e. The van der Waals surface area contributed by atoms with E-state index in [1.54, 1.807) is 16.7 Å². The molecule has 1 aliphatic heterocycles. The predicted octanol–water partition coefficient (Wildman–Crippen LogP) is 2.80. The molecule has 1 aromatic carbocycles. The smallest absolute Gasteiger partial charge is 0.273 e. The predicted molar refractivity (Wildman–Crippen MR) is 104 cm³/mol. The number of para-hydroxylation sites is 1. The van der Waals surface area contributed by atoms with Gasteiger partial charge in [-0.25, -0.2) is 4.98 Å². The molecule has 1 aliphatic rings. The van der Waals surface area contributed by atoms with Crippen molar-refractivity contribution in [2.75, 3.05) is 26.3 Å². The zero-order chi connectivity index (χ0) is 18.6. The standard InChI is InChI=1S/C18H19N5O2S2/c1-13-20-21-18(23(13)14-5-3-2-4-6-14)27-12-16-19-15(11-26-16)17(24)22-7-9-25-10-8-22/h2-6,11H,7-10,12H2,1H3. The van der Waals surface area contributed by atoms with Crippen LogP contribution in [0.4, 0.5) is 0 Å². The molecule has 1 fully saturated rings. The van der Waals surface area contributed by atoms with E-state index in [2.05, 4.69) is 15.2 Å². The summed E-state index contributed by atoms with van der Waals surface area (Å²) >= 11 is 3.07. The summed E-state index contributed by atoms with van der Waals surface area (Å²) in [7, 11) is 0. The Hall–Kier alpha value is -2.23. The maximum atomic E-state index is 12.5. The molecule has 0 atom stereocenters. The number of aromatic nitrogens is 4. The van der Waals surface area contributed by atoms with Gasteiger partial charge in [0, 0.05) is 24.2 Å². The molecule has 1 saturated heterocycles. The van der Waals surface area contributed by atoms with Crippen molar-refractivity contribution in [3.8, 4) is 5.69 Å². The van der Waals surface area contributed by atoms with Gasteiger partial charge in [0.2, 0.25) is 0 Å². The number of amides is 1. The van der Waals surface area contributed by atoms with E-state index in [1.165, 1.54) is 11.3 Å². The second-order valence-electron chi connectivity index (χ2n) is 6.02. The molecular weight excluding hydrogens is 382 g/mol. The third-order valence-electron chi connectivity index (χ3n) is 4.20. The third kappa shape index (κ3) is 4.05. The summed E-state index contributed by atoms with van der Waals surface area (Å²) in [5.41, 5.74) is 1.54. The number of carbonyl (C=O) groups excluding carboxylic acids is 1. The van der Waals surface area contributed by atoms with Gasteiger partial charge < -0.3 is 9.64 Å². The molecule has 0 bridgehead atoms. The van der Waals surface area contributed by atoms with Crippen molar-refractivity contribution in [3.63, 3.8) is 0 Å². The first-order chi connectivity index (χ1) is 13.2. The molecule has 0 aliphatic carbocycles. The van der Waals surface area contributed by atoms with Crippen LogP contribution < -0.4 is 0 Å². The van der Waals surface area contributed by atoms with Crippen LogP contribution in [-0.2, 0) is 10.5 Å². The lowest BCUT2D eigenvalue weighted by atomic mass is 10.3. The van der Waals surface area contributed by atoms with Crippen LogP contribution in [0.5, 0.6) is 0 Å². The third-order valence-corrected chi connectivity index (χ3v) is 6.18. The van der Waals surface area contributed by atoms with Gasteiger partial charge in [0.15, 0.2) is 5.16 Å². The van der Waals surface area contributed by atoms with E-state index in [4.69, 9.17) is 4.74 Å². The Bertz CT molecular complexity index is 919. The monoisotopic (exact) mass is 401 g/mol.